The number of rotatable bonds is 5. The molecule has 186 valence electrons. The van der Waals surface area contributed by atoms with E-state index in [1.54, 1.807) is 0 Å². The van der Waals surface area contributed by atoms with Crippen LogP contribution in [0.4, 0.5) is 0 Å². The number of carbonyl (C=O) groups excluding carboxylic acids is 1. The molecule has 1 N–H and O–H groups in total. The van der Waals surface area contributed by atoms with Gasteiger partial charge in [0.2, 0.25) is 0 Å². The smallest absolute Gasteiger partial charge is 0.324 e. The number of β-amino-alcohol motifs (C(OH)–C–C–N with tert-alkyl or cyclic N) is 1. The van der Waals surface area contributed by atoms with Crippen LogP contribution in [0.3, 0.4) is 0 Å². The summed E-state index contributed by atoms with van der Waals surface area (Å²) in [5, 5.41) is 11.4. The molecular weight excluding hydrogens is 458 g/mol. The SMILES string of the molecule is CC1(C)[C@H](O)CN(C2(c3ccccc3)c3ccccc3-c3ccccc32)[C@@H]1C(=O)OCc1ccccc1. The second kappa shape index (κ2) is 8.98. The highest BCUT2D eigenvalue weighted by molar-refractivity contribution is 5.85. The molecule has 0 amide bonds. The zero-order valence-corrected chi connectivity index (χ0v) is 21.2. The maximum Gasteiger partial charge on any atom is 0.324 e. The Kier molecular flexibility index (Phi) is 5.74. The van der Waals surface area contributed by atoms with Crippen molar-refractivity contribution in [2.24, 2.45) is 5.41 Å². The maximum atomic E-state index is 14.0. The summed E-state index contributed by atoms with van der Waals surface area (Å²) in [7, 11) is 0. The summed E-state index contributed by atoms with van der Waals surface area (Å²) < 4.78 is 5.95. The predicted octanol–water partition coefficient (Wildman–Crippen LogP) is 5.77. The van der Waals surface area contributed by atoms with Crippen LogP contribution in [0.15, 0.2) is 109 Å². The van der Waals surface area contributed by atoms with Crippen molar-refractivity contribution >= 4 is 5.97 Å². The Bertz CT molecular complexity index is 1380. The number of fused-ring (bicyclic) bond motifs is 3. The van der Waals surface area contributed by atoms with Crippen LogP contribution >= 0.6 is 0 Å². The lowest BCUT2D eigenvalue weighted by atomic mass is 9.76. The Labute approximate surface area is 218 Å². The Morgan fingerprint density at radius 1 is 0.811 bits per heavy atom. The molecule has 37 heavy (non-hydrogen) atoms. The van der Waals surface area contributed by atoms with E-state index in [1.165, 1.54) is 0 Å². The molecule has 0 saturated carbocycles. The van der Waals surface area contributed by atoms with Crippen molar-refractivity contribution in [2.75, 3.05) is 6.54 Å². The molecule has 1 fully saturated rings. The van der Waals surface area contributed by atoms with Gasteiger partial charge in [0.1, 0.15) is 12.6 Å². The summed E-state index contributed by atoms with van der Waals surface area (Å²) >= 11 is 0. The number of aliphatic hydroxyl groups excluding tert-OH is 1. The molecular formula is C33H31NO3. The Balaban J connectivity index is 1.54. The minimum Gasteiger partial charge on any atom is -0.460 e. The molecule has 4 heteroatoms. The van der Waals surface area contributed by atoms with Crippen LogP contribution < -0.4 is 0 Å². The largest absolute Gasteiger partial charge is 0.460 e. The van der Waals surface area contributed by atoms with Crippen molar-refractivity contribution < 1.29 is 14.6 Å². The fraction of sp³-hybridized carbons (Fsp3) is 0.242. The second-order valence-electron chi connectivity index (χ2n) is 10.7. The van der Waals surface area contributed by atoms with Gasteiger partial charge in [-0.05, 0) is 33.4 Å². The first kappa shape index (κ1) is 23.7. The van der Waals surface area contributed by atoms with Crippen LogP contribution in [0.25, 0.3) is 11.1 Å². The molecule has 4 aromatic carbocycles. The van der Waals surface area contributed by atoms with Gasteiger partial charge < -0.3 is 9.84 Å². The van der Waals surface area contributed by atoms with Crippen LogP contribution in [-0.2, 0) is 21.7 Å². The van der Waals surface area contributed by atoms with Gasteiger partial charge in [0, 0.05) is 12.0 Å². The van der Waals surface area contributed by atoms with Crippen LogP contribution in [-0.4, -0.2) is 34.7 Å². The number of ether oxygens (including phenoxy) is 1. The summed E-state index contributed by atoms with van der Waals surface area (Å²) in [6.45, 7) is 4.48. The van der Waals surface area contributed by atoms with Crippen molar-refractivity contribution in [1.82, 2.24) is 4.90 Å². The molecule has 0 spiro atoms. The van der Waals surface area contributed by atoms with E-state index in [1.807, 2.05) is 62.4 Å². The van der Waals surface area contributed by atoms with Crippen LogP contribution in [0.5, 0.6) is 0 Å². The summed E-state index contributed by atoms with van der Waals surface area (Å²) in [4.78, 5) is 16.2. The first-order valence-corrected chi connectivity index (χ1v) is 12.9. The zero-order chi connectivity index (χ0) is 25.6. The predicted molar refractivity (Wildman–Crippen MR) is 145 cm³/mol. The molecule has 1 aliphatic heterocycles. The van der Waals surface area contributed by atoms with E-state index in [2.05, 4.69) is 65.6 Å². The lowest BCUT2D eigenvalue weighted by Crippen LogP contribution is -2.55. The molecule has 0 bridgehead atoms. The van der Waals surface area contributed by atoms with E-state index >= 15 is 0 Å². The third-order valence-corrected chi connectivity index (χ3v) is 8.24. The highest BCUT2D eigenvalue weighted by atomic mass is 16.5. The van der Waals surface area contributed by atoms with E-state index in [0.717, 1.165) is 33.4 Å². The molecule has 0 aromatic heterocycles. The minimum atomic E-state index is -0.750. The molecule has 1 saturated heterocycles. The third-order valence-electron chi connectivity index (χ3n) is 8.24. The average Bonchev–Trinajstić information content (AvgIpc) is 3.36. The Morgan fingerprint density at radius 2 is 1.32 bits per heavy atom. The van der Waals surface area contributed by atoms with Gasteiger partial charge in [0.15, 0.2) is 0 Å². The molecule has 1 aliphatic carbocycles. The molecule has 0 unspecified atom stereocenters. The van der Waals surface area contributed by atoms with Crippen LogP contribution in [0.2, 0.25) is 0 Å². The lowest BCUT2D eigenvalue weighted by molar-refractivity contribution is -0.155. The molecule has 1 heterocycles. The molecule has 4 nitrogen and oxygen atoms in total. The summed E-state index contributed by atoms with van der Waals surface area (Å²) in [5.41, 5.74) is 5.07. The third kappa shape index (κ3) is 3.55. The zero-order valence-electron chi connectivity index (χ0n) is 21.2. The number of hydrogen-bond acceptors (Lipinski definition) is 4. The molecule has 4 aromatic rings. The number of esters is 1. The number of carbonyl (C=O) groups is 1. The van der Waals surface area contributed by atoms with Gasteiger partial charge in [0.05, 0.1) is 11.6 Å². The molecule has 2 atom stereocenters. The number of likely N-dealkylation sites (tertiary alicyclic amines) is 1. The monoisotopic (exact) mass is 489 g/mol. The highest BCUT2D eigenvalue weighted by Gasteiger charge is 2.61. The summed E-state index contributed by atoms with van der Waals surface area (Å²) in [5.74, 6) is -0.317. The van der Waals surface area contributed by atoms with Crippen LogP contribution in [0, 0.1) is 5.41 Å². The van der Waals surface area contributed by atoms with Crippen molar-refractivity contribution in [3.05, 3.63) is 131 Å². The van der Waals surface area contributed by atoms with Gasteiger partial charge in [-0.25, -0.2) is 0 Å². The Hall–Kier alpha value is -3.73. The number of nitrogens with zero attached hydrogens (tertiary/aromatic N) is 1. The van der Waals surface area contributed by atoms with E-state index in [-0.39, 0.29) is 12.6 Å². The molecule has 2 aliphatic rings. The van der Waals surface area contributed by atoms with Gasteiger partial charge >= 0.3 is 5.97 Å². The first-order valence-electron chi connectivity index (χ1n) is 12.9. The van der Waals surface area contributed by atoms with E-state index in [9.17, 15) is 9.90 Å². The van der Waals surface area contributed by atoms with Gasteiger partial charge in [-0.15, -0.1) is 0 Å². The summed E-state index contributed by atoms with van der Waals surface area (Å²) in [6.07, 6.45) is -0.706. The number of hydrogen-bond donors (Lipinski definition) is 1. The Morgan fingerprint density at radius 3 is 1.92 bits per heavy atom. The van der Waals surface area contributed by atoms with Crippen molar-refractivity contribution in [1.29, 1.82) is 0 Å². The van der Waals surface area contributed by atoms with E-state index < -0.39 is 23.1 Å². The molecule has 0 radical (unpaired) electrons. The topological polar surface area (TPSA) is 49.8 Å². The average molecular weight is 490 g/mol. The normalized spacial score (nSPS) is 21.3. The quantitative estimate of drug-likeness (QED) is 0.362. The van der Waals surface area contributed by atoms with Gasteiger partial charge in [0.25, 0.3) is 0 Å². The molecule has 6 rings (SSSR count). The van der Waals surface area contributed by atoms with E-state index in [0.29, 0.717) is 6.54 Å². The van der Waals surface area contributed by atoms with E-state index in [4.69, 9.17) is 4.74 Å². The van der Waals surface area contributed by atoms with Gasteiger partial charge in [-0.1, -0.05) is 123 Å². The summed E-state index contributed by atoms with van der Waals surface area (Å²) in [6, 6.07) is 36.3. The number of aliphatic hydroxyl groups is 1. The lowest BCUT2D eigenvalue weighted by Gasteiger charge is -2.45. The maximum absolute atomic E-state index is 14.0. The standard InChI is InChI=1S/C33H31NO3/c1-32(2)29(35)21-34(30(32)31(36)37-22-23-13-5-3-6-14-23)33(24-15-7-4-8-16-24)27-19-11-9-17-25(27)26-18-10-12-20-28(26)33/h3-20,29-30,35H,21-22H2,1-2H3/t29-,30-/m1/s1. The van der Waals surface area contributed by atoms with Gasteiger partial charge in [-0.2, -0.15) is 0 Å². The van der Waals surface area contributed by atoms with Crippen LogP contribution in [0.1, 0.15) is 36.1 Å². The van der Waals surface area contributed by atoms with Gasteiger partial charge in [-0.3, -0.25) is 9.69 Å². The van der Waals surface area contributed by atoms with Crippen molar-refractivity contribution in [3.63, 3.8) is 0 Å². The van der Waals surface area contributed by atoms with Crippen molar-refractivity contribution in [3.8, 4) is 11.1 Å². The first-order chi connectivity index (χ1) is 18.0. The fourth-order valence-corrected chi connectivity index (χ4v) is 6.36. The highest BCUT2D eigenvalue weighted by Crippen LogP contribution is 2.57. The van der Waals surface area contributed by atoms with Crippen molar-refractivity contribution in [2.45, 2.75) is 38.1 Å². The second-order valence-corrected chi connectivity index (χ2v) is 10.7. The minimum absolute atomic E-state index is 0.196. The number of benzene rings is 4. The fourth-order valence-electron chi connectivity index (χ4n) is 6.36.